The first-order valence-electron chi connectivity index (χ1n) is 7.40. The Morgan fingerprint density at radius 3 is 2.67 bits per heavy atom. The molecule has 0 spiro atoms. The number of nitrogens with two attached hydrogens (primary N) is 1. The van der Waals surface area contributed by atoms with Crippen LogP contribution in [0.2, 0.25) is 0 Å². The molecule has 1 amide bonds. The molecule has 21 heavy (non-hydrogen) atoms. The molecule has 1 fully saturated rings. The van der Waals surface area contributed by atoms with Gasteiger partial charge in [-0.3, -0.25) is 4.79 Å². The normalized spacial score (nSPS) is 31.2. The first-order valence-corrected chi connectivity index (χ1v) is 7.40. The largest absolute Gasteiger partial charge is 0.493 e. The standard InChI is InChI=1S/C16H22N2O3/c1-20-14-7-10-5-6-18-9-11(16(17)19)3-4-13(18)12(10)8-15(14)21-2/h4,7-8,10-12H,3,5-6,9H2,1-2H3,(H2,17,19). The maximum atomic E-state index is 11.4. The van der Waals surface area contributed by atoms with Gasteiger partial charge in [-0.05, 0) is 30.9 Å². The van der Waals surface area contributed by atoms with Crippen LogP contribution in [-0.4, -0.2) is 38.1 Å². The molecule has 0 aromatic carbocycles. The number of fused-ring (bicyclic) bond motifs is 3. The van der Waals surface area contributed by atoms with Gasteiger partial charge in [-0.2, -0.15) is 0 Å². The van der Waals surface area contributed by atoms with Crippen LogP contribution in [0.3, 0.4) is 0 Å². The maximum absolute atomic E-state index is 11.4. The molecule has 3 rings (SSSR count). The zero-order valence-corrected chi connectivity index (χ0v) is 12.5. The highest BCUT2D eigenvalue weighted by atomic mass is 16.5. The van der Waals surface area contributed by atoms with Crippen LogP contribution >= 0.6 is 0 Å². The molecule has 0 aromatic heterocycles. The topological polar surface area (TPSA) is 64.8 Å². The van der Waals surface area contributed by atoms with Crippen molar-refractivity contribution in [2.45, 2.75) is 12.8 Å². The Kier molecular flexibility index (Phi) is 3.66. The fourth-order valence-electron chi connectivity index (χ4n) is 3.57. The van der Waals surface area contributed by atoms with E-state index in [4.69, 9.17) is 15.2 Å². The van der Waals surface area contributed by atoms with Crippen molar-refractivity contribution >= 4 is 5.91 Å². The van der Waals surface area contributed by atoms with Gasteiger partial charge in [0.1, 0.15) is 0 Å². The summed E-state index contributed by atoms with van der Waals surface area (Å²) in [6, 6.07) is 0. The van der Waals surface area contributed by atoms with E-state index in [1.54, 1.807) is 14.2 Å². The number of primary amides is 1. The minimum absolute atomic E-state index is 0.0650. The van der Waals surface area contributed by atoms with Gasteiger partial charge in [-0.1, -0.05) is 6.08 Å². The van der Waals surface area contributed by atoms with E-state index in [0.29, 0.717) is 11.8 Å². The number of methoxy groups -OCH3 is 2. The van der Waals surface area contributed by atoms with Crippen LogP contribution in [0.25, 0.3) is 0 Å². The van der Waals surface area contributed by atoms with Gasteiger partial charge in [0, 0.05) is 24.7 Å². The van der Waals surface area contributed by atoms with Crippen molar-refractivity contribution in [2.75, 3.05) is 27.3 Å². The average molecular weight is 290 g/mol. The van der Waals surface area contributed by atoms with E-state index in [1.165, 1.54) is 5.70 Å². The lowest BCUT2D eigenvalue weighted by atomic mass is 9.77. The molecule has 0 radical (unpaired) electrons. The molecular weight excluding hydrogens is 268 g/mol. The molecule has 0 bridgehead atoms. The molecule has 3 aliphatic rings. The Morgan fingerprint density at radius 2 is 2.00 bits per heavy atom. The summed E-state index contributed by atoms with van der Waals surface area (Å²) in [4.78, 5) is 13.7. The number of allylic oxidation sites excluding steroid dienone is 3. The zero-order valence-electron chi connectivity index (χ0n) is 12.5. The number of carbonyl (C=O) groups is 1. The first kappa shape index (κ1) is 14.0. The van der Waals surface area contributed by atoms with E-state index >= 15 is 0 Å². The Balaban J connectivity index is 1.88. The first-order chi connectivity index (χ1) is 10.1. The third kappa shape index (κ3) is 2.41. The predicted octanol–water partition coefficient (Wildman–Crippen LogP) is 1.39. The SMILES string of the molecule is COC1=CC2CCN3CC(C(N)=O)CC=C3C2C=C1OC. The third-order valence-electron chi connectivity index (χ3n) is 4.73. The lowest BCUT2D eigenvalue weighted by molar-refractivity contribution is -0.122. The third-order valence-corrected chi connectivity index (χ3v) is 4.73. The quantitative estimate of drug-likeness (QED) is 0.853. The number of amides is 1. The van der Waals surface area contributed by atoms with Gasteiger partial charge in [-0.25, -0.2) is 0 Å². The second kappa shape index (κ2) is 5.47. The van der Waals surface area contributed by atoms with E-state index < -0.39 is 0 Å². The molecule has 0 saturated carbocycles. The monoisotopic (exact) mass is 290 g/mol. The molecule has 5 nitrogen and oxygen atoms in total. The van der Waals surface area contributed by atoms with Crippen molar-refractivity contribution in [2.24, 2.45) is 23.5 Å². The van der Waals surface area contributed by atoms with E-state index in [9.17, 15) is 4.79 Å². The summed E-state index contributed by atoms with van der Waals surface area (Å²) in [6.07, 6.45) is 8.27. The number of piperidine rings is 1. The van der Waals surface area contributed by atoms with Crippen molar-refractivity contribution in [1.82, 2.24) is 4.90 Å². The summed E-state index contributed by atoms with van der Waals surface area (Å²) < 4.78 is 10.8. The summed E-state index contributed by atoms with van der Waals surface area (Å²) in [5.41, 5.74) is 6.74. The van der Waals surface area contributed by atoms with E-state index in [1.807, 2.05) is 0 Å². The minimum atomic E-state index is -0.203. The summed E-state index contributed by atoms with van der Waals surface area (Å²) in [5, 5.41) is 0. The molecule has 0 aromatic rings. The number of carbonyl (C=O) groups excluding carboxylic acids is 1. The van der Waals surface area contributed by atoms with Gasteiger partial charge < -0.3 is 20.1 Å². The van der Waals surface area contributed by atoms with Gasteiger partial charge in [0.15, 0.2) is 11.5 Å². The lowest BCUT2D eigenvalue weighted by Crippen LogP contribution is -2.45. The highest BCUT2D eigenvalue weighted by molar-refractivity contribution is 5.77. The highest BCUT2D eigenvalue weighted by Crippen LogP contribution is 2.41. The number of hydrogen-bond donors (Lipinski definition) is 1. The Bertz CT molecular complexity index is 536. The predicted molar refractivity (Wildman–Crippen MR) is 78.7 cm³/mol. The molecule has 3 atom stereocenters. The summed E-state index contributed by atoms with van der Waals surface area (Å²) in [6.45, 7) is 1.70. The van der Waals surface area contributed by atoms with Crippen LogP contribution in [0, 0.1) is 17.8 Å². The van der Waals surface area contributed by atoms with Gasteiger partial charge in [0.05, 0.1) is 20.1 Å². The highest BCUT2D eigenvalue weighted by Gasteiger charge is 2.38. The smallest absolute Gasteiger partial charge is 0.222 e. The van der Waals surface area contributed by atoms with Gasteiger partial charge >= 0.3 is 0 Å². The molecule has 2 aliphatic heterocycles. The van der Waals surface area contributed by atoms with E-state index in [0.717, 1.165) is 37.4 Å². The Hall–Kier alpha value is -1.91. The van der Waals surface area contributed by atoms with Crippen LogP contribution in [0.1, 0.15) is 12.8 Å². The van der Waals surface area contributed by atoms with E-state index in [2.05, 4.69) is 23.1 Å². The molecule has 2 heterocycles. The molecule has 1 saturated heterocycles. The Morgan fingerprint density at radius 1 is 1.29 bits per heavy atom. The lowest BCUT2D eigenvalue weighted by Gasteiger charge is -2.45. The number of ether oxygens (including phenoxy) is 2. The van der Waals surface area contributed by atoms with E-state index in [-0.39, 0.29) is 11.8 Å². The van der Waals surface area contributed by atoms with Gasteiger partial charge in [0.2, 0.25) is 5.91 Å². The molecular formula is C16H22N2O3. The number of hydrogen-bond acceptors (Lipinski definition) is 4. The summed E-state index contributed by atoms with van der Waals surface area (Å²) in [5.74, 6) is 2.08. The Labute approximate surface area is 125 Å². The second-order valence-electron chi connectivity index (χ2n) is 5.86. The van der Waals surface area contributed by atoms with Crippen molar-refractivity contribution in [3.8, 4) is 0 Å². The maximum Gasteiger partial charge on any atom is 0.222 e. The fraction of sp³-hybridized carbons (Fsp3) is 0.562. The van der Waals surface area contributed by atoms with Crippen molar-refractivity contribution in [3.63, 3.8) is 0 Å². The van der Waals surface area contributed by atoms with Crippen LogP contribution in [0.5, 0.6) is 0 Å². The molecule has 3 unspecified atom stereocenters. The molecule has 2 N–H and O–H groups in total. The van der Waals surface area contributed by atoms with Crippen LogP contribution in [0.15, 0.2) is 35.4 Å². The summed E-state index contributed by atoms with van der Waals surface area (Å²) >= 11 is 0. The molecule has 5 heteroatoms. The van der Waals surface area contributed by atoms with Crippen LogP contribution < -0.4 is 5.73 Å². The van der Waals surface area contributed by atoms with Crippen LogP contribution in [0.4, 0.5) is 0 Å². The zero-order chi connectivity index (χ0) is 15.0. The molecule has 114 valence electrons. The number of nitrogens with zero attached hydrogens (tertiary/aromatic N) is 1. The van der Waals surface area contributed by atoms with Gasteiger partial charge in [0.25, 0.3) is 0 Å². The molecule has 1 aliphatic carbocycles. The summed E-state index contributed by atoms with van der Waals surface area (Å²) in [7, 11) is 3.34. The average Bonchev–Trinajstić information content (AvgIpc) is 2.52. The number of rotatable bonds is 3. The second-order valence-corrected chi connectivity index (χ2v) is 5.86. The van der Waals surface area contributed by atoms with Crippen LogP contribution in [-0.2, 0) is 14.3 Å². The fourth-order valence-corrected chi connectivity index (χ4v) is 3.57. The van der Waals surface area contributed by atoms with Crippen molar-refractivity contribution in [1.29, 1.82) is 0 Å². The minimum Gasteiger partial charge on any atom is -0.493 e. The van der Waals surface area contributed by atoms with Gasteiger partial charge in [-0.15, -0.1) is 0 Å². The van der Waals surface area contributed by atoms with Crippen molar-refractivity contribution in [3.05, 3.63) is 35.4 Å². The van der Waals surface area contributed by atoms with Crippen molar-refractivity contribution < 1.29 is 14.3 Å².